The predicted octanol–water partition coefficient (Wildman–Crippen LogP) is 2.49. The van der Waals surface area contributed by atoms with Gasteiger partial charge in [-0.15, -0.1) is 0 Å². The quantitative estimate of drug-likeness (QED) is 0.779. The number of carbonyl (C=O) groups excluding carboxylic acids is 2. The molecular formula is C23H26N4O3. The molecule has 2 aliphatic heterocycles. The lowest BCUT2D eigenvalue weighted by Crippen LogP contribution is -2.57. The molecule has 1 atom stereocenters. The summed E-state index contributed by atoms with van der Waals surface area (Å²) in [6.45, 7) is 4.31. The topological polar surface area (TPSA) is 80.8 Å². The third-order valence-corrected chi connectivity index (χ3v) is 5.95. The number of furan rings is 1. The molecule has 2 fully saturated rings. The lowest BCUT2D eigenvalue weighted by molar-refractivity contribution is -0.139. The van der Waals surface area contributed by atoms with Gasteiger partial charge in [-0.2, -0.15) is 5.26 Å². The highest BCUT2D eigenvalue weighted by Gasteiger charge is 2.36. The summed E-state index contributed by atoms with van der Waals surface area (Å²) in [5, 5.41) is 8.92. The highest BCUT2D eigenvalue weighted by Crippen LogP contribution is 2.22. The highest BCUT2D eigenvalue weighted by molar-refractivity contribution is 5.95. The Hall–Kier alpha value is -3.11. The molecule has 2 amide bonds. The lowest BCUT2D eigenvalue weighted by atomic mass is 10.00. The maximum Gasteiger partial charge on any atom is 0.290 e. The maximum atomic E-state index is 13.2. The number of hydrogen-bond donors (Lipinski definition) is 0. The Morgan fingerprint density at radius 3 is 2.47 bits per heavy atom. The van der Waals surface area contributed by atoms with E-state index in [4.69, 9.17) is 9.68 Å². The fourth-order valence-corrected chi connectivity index (χ4v) is 4.25. The molecule has 1 unspecified atom stereocenters. The third kappa shape index (κ3) is 4.39. The van der Waals surface area contributed by atoms with Crippen LogP contribution in [0.2, 0.25) is 0 Å². The lowest BCUT2D eigenvalue weighted by Gasteiger charge is -2.40. The molecule has 2 saturated heterocycles. The molecule has 7 heteroatoms. The Bertz CT molecular complexity index is 909. The number of nitrogens with zero attached hydrogens (tertiary/aromatic N) is 4. The van der Waals surface area contributed by atoms with Crippen molar-refractivity contribution in [3.8, 4) is 6.07 Å². The molecule has 156 valence electrons. The minimum atomic E-state index is -0.401. The SMILES string of the molecule is N#Cc1ccc(CN2CCN(C(=O)C3CCCCN3C(=O)c3ccco3)CC2)cc1. The zero-order chi connectivity index (χ0) is 20.9. The van der Waals surface area contributed by atoms with Gasteiger partial charge in [0.15, 0.2) is 5.76 Å². The van der Waals surface area contributed by atoms with Crippen molar-refractivity contribution < 1.29 is 14.0 Å². The van der Waals surface area contributed by atoms with Gasteiger partial charge in [-0.25, -0.2) is 0 Å². The first-order valence-electron chi connectivity index (χ1n) is 10.5. The van der Waals surface area contributed by atoms with E-state index in [9.17, 15) is 9.59 Å². The van der Waals surface area contributed by atoms with Gasteiger partial charge in [0.25, 0.3) is 5.91 Å². The number of piperazine rings is 1. The molecule has 3 heterocycles. The van der Waals surface area contributed by atoms with Crippen molar-refractivity contribution in [3.63, 3.8) is 0 Å². The van der Waals surface area contributed by atoms with Crippen LogP contribution < -0.4 is 0 Å². The normalized spacial score (nSPS) is 20.0. The Balaban J connectivity index is 1.34. The van der Waals surface area contributed by atoms with Crippen molar-refractivity contribution in [2.24, 2.45) is 0 Å². The monoisotopic (exact) mass is 406 g/mol. The van der Waals surface area contributed by atoms with Crippen LogP contribution >= 0.6 is 0 Å². The Morgan fingerprint density at radius 1 is 1.03 bits per heavy atom. The van der Waals surface area contributed by atoms with Crippen LogP contribution in [0.4, 0.5) is 0 Å². The number of likely N-dealkylation sites (tertiary alicyclic amines) is 1. The Labute approximate surface area is 176 Å². The fourth-order valence-electron chi connectivity index (χ4n) is 4.25. The number of piperidine rings is 1. The van der Waals surface area contributed by atoms with Gasteiger partial charge in [-0.1, -0.05) is 12.1 Å². The van der Waals surface area contributed by atoms with Gasteiger partial charge in [0.2, 0.25) is 5.91 Å². The van der Waals surface area contributed by atoms with Crippen molar-refractivity contribution in [3.05, 3.63) is 59.5 Å². The van der Waals surface area contributed by atoms with E-state index in [1.807, 2.05) is 29.2 Å². The van der Waals surface area contributed by atoms with Crippen molar-refractivity contribution in [2.45, 2.75) is 31.8 Å². The van der Waals surface area contributed by atoms with E-state index in [1.54, 1.807) is 17.0 Å². The highest BCUT2D eigenvalue weighted by atomic mass is 16.3. The zero-order valence-corrected chi connectivity index (χ0v) is 17.0. The molecular weight excluding hydrogens is 380 g/mol. The van der Waals surface area contributed by atoms with Crippen molar-refractivity contribution in [1.82, 2.24) is 14.7 Å². The molecule has 7 nitrogen and oxygen atoms in total. The van der Waals surface area contributed by atoms with E-state index in [-0.39, 0.29) is 11.8 Å². The average molecular weight is 406 g/mol. The smallest absolute Gasteiger partial charge is 0.290 e. The number of hydrogen-bond acceptors (Lipinski definition) is 5. The number of benzene rings is 1. The van der Waals surface area contributed by atoms with Gasteiger partial charge in [-0.3, -0.25) is 14.5 Å². The second-order valence-electron chi connectivity index (χ2n) is 7.90. The zero-order valence-electron chi connectivity index (χ0n) is 17.0. The second kappa shape index (κ2) is 9.14. The number of nitriles is 1. The van der Waals surface area contributed by atoms with Crippen LogP contribution in [0.3, 0.4) is 0 Å². The van der Waals surface area contributed by atoms with E-state index < -0.39 is 6.04 Å². The van der Waals surface area contributed by atoms with Gasteiger partial charge in [0.05, 0.1) is 17.9 Å². The number of carbonyl (C=O) groups is 2. The number of amides is 2. The Morgan fingerprint density at radius 2 is 1.80 bits per heavy atom. The summed E-state index contributed by atoms with van der Waals surface area (Å²) >= 11 is 0. The van der Waals surface area contributed by atoms with Crippen LogP contribution in [-0.4, -0.2) is 65.3 Å². The molecule has 2 aliphatic rings. The van der Waals surface area contributed by atoms with Crippen molar-refractivity contribution in [2.75, 3.05) is 32.7 Å². The largest absolute Gasteiger partial charge is 0.459 e. The van der Waals surface area contributed by atoms with Gasteiger partial charge in [-0.05, 0) is 49.1 Å². The van der Waals surface area contributed by atoms with E-state index in [0.717, 1.165) is 38.0 Å². The average Bonchev–Trinajstić information content (AvgIpc) is 3.34. The van der Waals surface area contributed by atoms with E-state index in [1.165, 1.54) is 6.26 Å². The summed E-state index contributed by atoms with van der Waals surface area (Å²) in [6, 6.07) is 12.7. The summed E-state index contributed by atoms with van der Waals surface area (Å²) in [4.78, 5) is 31.9. The van der Waals surface area contributed by atoms with Crippen molar-refractivity contribution in [1.29, 1.82) is 5.26 Å². The summed E-state index contributed by atoms with van der Waals surface area (Å²) in [7, 11) is 0. The fraction of sp³-hybridized carbons (Fsp3) is 0.435. The molecule has 0 N–H and O–H groups in total. The minimum absolute atomic E-state index is 0.0487. The van der Waals surface area contributed by atoms with Crippen LogP contribution in [0.5, 0.6) is 0 Å². The van der Waals surface area contributed by atoms with Gasteiger partial charge in [0.1, 0.15) is 6.04 Å². The minimum Gasteiger partial charge on any atom is -0.459 e. The maximum absolute atomic E-state index is 13.2. The molecule has 0 saturated carbocycles. The summed E-state index contributed by atoms with van der Waals surface area (Å²) < 4.78 is 5.27. The third-order valence-electron chi connectivity index (χ3n) is 5.95. The van der Waals surface area contributed by atoms with Crippen LogP contribution in [0, 0.1) is 11.3 Å². The number of rotatable bonds is 4. The Kier molecular flexibility index (Phi) is 6.15. The van der Waals surface area contributed by atoms with Crippen LogP contribution in [0.1, 0.15) is 40.9 Å². The van der Waals surface area contributed by atoms with Gasteiger partial charge in [0, 0.05) is 39.3 Å². The molecule has 0 radical (unpaired) electrons. The predicted molar refractivity (Wildman–Crippen MR) is 110 cm³/mol. The molecule has 0 aliphatic carbocycles. The first kappa shape index (κ1) is 20.2. The first-order chi connectivity index (χ1) is 14.7. The molecule has 0 spiro atoms. The summed E-state index contributed by atoms with van der Waals surface area (Å²) in [5.74, 6) is 0.145. The van der Waals surface area contributed by atoms with Crippen LogP contribution in [0.25, 0.3) is 0 Å². The van der Waals surface area contributed by atoms with Gasteiger partial charge < -0.3 is 14.2 Å². The molecule has 1 aromatic heterocycles. The molecule has 4 rings (SSSR count). The van der Waals surface area contributed by atoms with Gasteiger partial charge >= 0.3 is 0 Å². The molecule has 30 heavy (non-hydrogen) atoms. The standard InChI is InChI=1S/C23H26N4O3/c24-16-18-6-8-19(9-7-18)17-25-11-13-26(14-12-25)22(28)20-4-1-2-10-27(20)23(29)21-5-3-15-30-21/h3,5-9,15,20H,1-2,4,10-14,17H2. The van der Waals surface area contributed by atoms with E-state index >= 15 is 0 Å². The summed E-state index contributed by atoms with van der Waals surface area (Å²) in [6.07, 6.45) is 4.06. The molecule has 0 bridgehead atoms. The van der Waals surface area contributed by atoms with Crippen molar-refractivity contribution >= 4 is 11.8 Å². The first-order valence-corrected chi connectivity index (χ1v) is 10.5. The summed E-state index contributed by atoms with van der Waals surface area (Å²) in [5.41, 5.74) is 1.83. The molecule has 1 aromatic carbocycles. The second-order valence-corrected chi connectivity index (χ2v) is 7.90. The van der Waals surface area contributed by atoms with E-state index in [2.05, 4.69) is 11.0 Å². The van der Waals surface area contributed by atoms with Crippen LogP contribution in [-0.2, 0) is 11.3 Å². The van der Waals surface area contributed by atoms with E-state index in [0.29, 0.717) is 37.4 Å². The molecule has 2 aromatic rings. The van der Waals surface area contributed by atoms with Crippen LogP contribution in [0.15, 0.2) is 47.1 Å².